The van der Waals surface area contributed by atoms with Gasteiger partial charge >= 0.3 is 11.9 Å². The molecule has 2 atom stereocenters. The number of unbranched alkanes of at least 4 members (excludes halogenated alkanes) is 19. The highest BCUT2D eigenvalue weighted by Gasteiger charge is 2.25. The summed E-state index contributed by atoms with van der Waals surface area (Å²) in [5, 5.41) is 11.6. The standard InChI is InChI=1S/C49H87NO7/c1-6-8-10-12-14-16-18-19-20-21-22-23-24-25-26-27-28-30-31-33-35-37-39-47(51)56-44-45(43-55-42-41-46(49(53)54)50(3,4)5)57-48(52)40-38-36-34-32-29-17-15-13-11-9-7-2/h9,11,15,17,24-25,32,34,45-46H,6-8,10,12-14,16,18-23,26-31,33,35-44H2,1-5H3/b11-9+,17-15+,25-24+,34-32+. The Bertz CT molecular complexity index is 1070. The summed E-state index contributed by atoms with van der Waals surface area (Å²) in [7, 11) is 5.38. The van der Waals surface area contributed by atoms with Crippen molar-refractivity contribution in [3.8, 4) is 0 Å². The highest BCUT2D eigenvalue weighted by Crippen LogP contribution is 2.14. The summed E-state index contributed by atoms with van der Waals surface area (Å²) in [6, 6.07) is -0.735. The summed E-state index contributed by atoms with van der Waals surface area (Å²) in [4.78, 5) is 36.8. The van der Waals surface area contributed by atoms with E-state index in [4.69, 9.17) is 14.2 Å². The number of nitrogens with zero attached hydrogens (tertiary/aromatic N) is 1. The number of aliphatic carboxylic acids is 1. The van der Waals surface area contributed by atoms with Crippen LogP contribution in [0.2, 0.25) is 0 Å². The number of ether oxygens (including phenoxy) is 3. The van der Waals surface area contributed by atoms with Crippen LogP contribution in [0.25, 0.3) is 0 Å². The zero-order valence-electron chi connectivity index (χ0n) is 37.5. The molecule has 0 saturated heterocycles. The molecule has 0 bridgehead atoms. The van der Waals surface area contributed by atoms with E-state index in [1.54, 1.807) is 21.1 Å². The predicted octanol–water partition coefficient (Wildman–Crippen LogP) is 11.5. The summed E-state index contributed by atoms with van der Waals surface area (Å²) in [5.74, 6) is -1.81. The van der Waals surface area contributed by atoms with E-state index in [2.05, 4.69) is 62.5 Å². The minimum Gasteiger partial charge on any atom is -0.544 e. The highest BCUT2D eigenvalue weighted by atomic mass is 16.6. The molecule has 8 heteroatoms. The molecule has 0 saturated carbocycles. The summed E-state index contributed by atoms with van der Waals surface area (Å²) in [6.07, 6.45) is 47.4. The first kappa shape index (κ1) is 54.3. The van der Waals surface area contributed by atoms with E-state index < -0.39 is 18.1 Å². The predicted molar refractivity (Wildman–Crippen MR) is 236 cm³/mol. The van der Waals surface area contributed by atoms with Gasteiger partial charge in [-0.1, -0.05) is 159 Å². The Morgan fingerprint density at radius 2 is 1.00 bits per heavy atom. The average Bonchev–Trinajstić information content (AvgIpc) is 3.17. The van der Waals surface area contributed by atoms with E-state index in [1.165, 1.54) is 109 Å². The minimum atomic E-state index is -1.13. The van der Waals surface area contributed by atoms with E-state index in [1.807, 2.05) is 0 Å². The van der Waals surface area contributed by atoms with Crippen LogP contribution >= 0.6 is 0 Å². The maximum absolute atomic E-state index is 12.6. The number of hydrogen-bond donors (Lipinski definition) is 0. The number of likely N-dealkylation sites (N-methyl/N-ethyl adjacent to an activating group) is 1. The molecule has 0 aliphatic heterocycles. The quantitative estimate of drug-likeness (QED) is 0.0262. The summed E-state index contributed by atoms with van der Waals surface area (Å²) < 4.78 is 17.1. The summed E-state index contributed by atoms with van der Waals surface area (Å²) in [5.41, 5.74) is 0. The van der Waals surface area contributed by atoms with Gasteiger partial charge in [-0.2, -0.15) is 0 Å². The molecule has 0 fully saturated rings. The monoisotopic (exact) mass is 802 g/mol. The number of esters is 2. The Hall–Kier alpha value is -2.71. The van der Waals surface area contributed by atoms with Crippen molar-refractivity contribution < 1.29 is 38.2 Å². The Balaban J connectivity index is 4.24. The number of hydrogen-bond acceptors (Lipinski definition) is 7. The molecule has 8 nitrogen and oxygen atoms in total. The molecular weight excluding hydrogens is 715 g/mol. The lowest BCUT2D eigenvalue weighted by Crippen LogP contribution is -2.55. The van der Waals surface area contributed by atoms with Crippen LogP contribution < -0.4 is 5.11 Å². The topological polar surface area (TPSA) is 102 Å². The van der Waals surface area contributed by atoms with Crippen LogP contribution in [0.15, 0.2) is 48.6 Å². The van der Waals surface area contributed by atoms with Gasteiger partial charge in [-0.3, -0.25) is 9.59 Å². The van der Waals surface area contributed by atoms with Crippen LogP contribution in [0.3, 0.4) is 0 Å². The van der Waals surface area contributed by atoms with Crippen molar-refractivity contribution in [1.82, 2.24) is 0 Å². The lowest BCUT2D eigenvalue weighted by molar-refractivity contribution is -0.889. The molecule has 0 amide bonds. The van der Waals surface area contributed by atoms with Crippen molar-refractivity contribution in [1.29, 1.82) is 0 Å². The van der Waals surface area contributed by atoms with Gasteiger partial charge < -0.3 is 28.6 Å². The molecular formula is C49H87NO7. The molecule has 0 spiro atoms. The smallest absolute Gasteiger partial charge is 0.306 e. The zero-order chi connectivity index (χ0) is 42.1. The third-order valence-corrected chi connectivity index (χ3v) is 10.2. The Morgan fingerprint density at radius 3 is 1.53 bits per heavy atom. The number of quaternary nitrogens is 1. The van der Waals surface area contributed by atoms with E-state index in [0.29, 0.717) is 12.8 Å². The second-order valence-corrected chi connectivity index (χ2v) is 16.6. The van der Waals surface area contributed by atoms with Crippen molar-refractivity contribution in [3.05, 3.63) is 48.6 Å². The fourth-order valence-electron chi connectivity index (χ4n) is 6.62. The third-order valence-electron chi connectivity index (χ3n) is 10.2. The van der Waals surface area contributed by atoms with Gasteiger partial charge in [0.05, 0.1) is 40.3 Å². The number of carboxylic acids is 1. The van der Waals surface area contributed by atoms with E-state index >= 15 is 0 Å². The van der Waals surface area contributed by atoms with E-state index in [0.717, 1.165) is 44.9 Å². The first-order valence-electron chi connectivity index (χ1n) is 23.2. The Morgan fingerprint density at radius 1 is 0.544 bits per heavy atom. The van der Waals surface area contributed by atoms with Gasteiger partial charge in [0, 0.05) is 19.3 Å². The van der Waals surface area contributed by atoms with Crippen LogP contribution in [0.5, 0.6) is 0 Å². The third kappa shape index (κ3) is 38.6. The van der Waals surface area contributed by atoms with Crippen molar-refractivity contribution in [2.45, 2.75) is 206 Å². The molecule has 0 aromatic rings. The second-order valence-electron chi connectivity index (χ2n) is 16.6. The van der Waals surface area contributed by atoms with Crippen LogP contribution in [0.4, 0.5) is 0 Å². The molecule has 0 aliphatic rings. The molecule has 330 valence electrons. The number of carbonyl (C=O) groups excluding carboxylic acids is 3. The zero-order valence-corrected chi connectivity index (χ0v) is 37.5. The average molecular weight is 802 g/mol. The first-order chi connectivity index (χ1) is 27.6. The minimum absolute atomic E-state index is 0.0187. The van der Waals surface area contributed by atoms with Crippen molar-refractivity contribution in [2.24, 2.45) is 0 Å². The Labute approximate surface area is 350 Å². The maximum Gasteiger partial charge on any atom is 0.306 e. The lowest BCUT2D eigenvalue weighted by Gasteiger charge is -2.34. The SMILES string of the molecule is CC/C=C/C/C=C/C/C=C/CCCC(=O)OC(COCCC(C(=O)[O-])[N+](C)(C)C)COC(=O)CCCCCCCCC/C=C/CCCCCCCCCCCCC. The van der Waals surface area contributed by atoms with Crippen molar-refractivity contribution in [3.63, 3.8) is 0 Å². The molecule has 0 aromatic carbocycles. The number of carboxylic acid groups (broad SMARTS) is 1. The molecule has 0 heterocycles. The molecule has 0 rings (SSSR count). The highest BCUT2D eigenvalue weighted by molar-refractivity contribution is 5.70. The van der Waals surface area contributed by atoms with Crippen LogP contribution in [0.1, 0.15) is 194 Å². The largest absolute Gasteiger partial charge is 0.544 e. The van der Waals surface area contributed by atoms with E-state index in [9.17, 15) is 19.5 Å². The van der Waals surface area contributed by atoms with Gasteiger partial charge in [-0.25, -0.2) is 0 Å². The van der Waals surface area contributed by atoms with Crippen LogP contribution in [-0.2, 0) is 28.6 Å². The van der Waals surface area contributed by atoms with Crippen molar-refractivity contribution >= 4 is 17.9 Å². The Kier molecular flexibility index (Phi) is 38.2. The van der Waals surface area contributed by atoms with Gasteiger partial charge in [0.2, 0.25) is 0 Å². The molecule has 0 N–H and O–H groups in total. The summed E-state index contributed by atoms with van der Waals surface area (Å²) >= 11 is 0. The van der Waals surface area contributed by atoms with Gasteiger partial charge in [-0.05, 0) is 64.2 Å². The lowest BCUT2D eigenvalue weighted by atomic mass is 10.0. The van der Waals surface area contributed by atoms with Gasteiger partial charge in [0.15, 0.2) is 6.10 Å². The fraction of sp³-hybridized carbons (Fsp3) is 0.776. The molecule has 2 unspecified atom stereocenters. The van der Waals surface area contributed by atoms with Crippen LogP contribution in [-0.4, -0.2) is 75.5 Å². The summed E-state index contributed by atoms with van der Waals surface area (Å²) in [6.45, 7) is 4.49. The molecule has 57 heavy (non-hydrogen) atoms. The number of rotatable bonds is 41. The van der Waals surface area contributed by atoms with Gasteiger partial charge in [-0.15, -0.1) is 0 Å². The maximum atomic E-state index is 12.6. The second kappa shape index (κ2) is 40.1. The first-order valence-corrected chi connectivity index (χ1v) is 23.2. The van der Waals surface area contributed by atoms with Gasteiger partial charge in [0.25, 0.3) is 0 Å². The fourth-order valence-corrected chi connectivity index (χ4v) is 6.62. The van der Waals surface area contributed by atoms with Crippen LogP contribution in [0, 0.1) is 0 Å². The van der Waals surface area contributed by atoms with E-state index in [-0.39, 0.29) is 49.1 Å². The normalized spacial score (nSPS) is 13.4. The molecule has 0 aromatic heterocycles. The molecule has 0 radical (unpaired) electrons. The number of carbonyl (C=O) groups is 3. The number of allylic oxidation sites excluding steroid dienone is 8. The van der Waals surface area contributed by atoms with Crippen molar-refractivity contribution in [2.75, 3.05) is 41.0 Å². The molecule has 0 aliphatic carbocycles. The van der Waals surface area contributed by atoms with Gasteiger partial charge in [0.1, 0.15) is 12.6 Å².